The minimum atomic E-state index is 0.424. The second-order valence-electron chi connectivity index (χ2n) is 1.31. The van der Waals surface area contributed by atoms with Gasteiger partial charge in [-0.05, 0) is 5.21 Å². The Hall–Kier alpha value is -1.04. The molecular weight excluding hydrogens is 138 g/mol. The average Bonchev–Trinajstić information content (AvgIpc) is 2.37. The third-order valence-electron chi connectivity index (χ3n) is 0.775. The van der Waals surface area contributed by atoms with Crippen LogP contribution in [0.2, 0.25) is 0 Å². The van der Waals surface area contributed by atoms with Crippen LogP contribution in [0, 0.1) is 0 Å². The molecule has 0 aromatic carbocycles. The molecule has 1 rings (SSSR count). The van der Waals surface area contributed by atoms with E-state index in [2.05, 4.69) is 25.9 Å². The molecule has 0 radical (unpaired) electrons. The molecule has 48 valence electrons. The first-order valence-corrected chi connectivity index (χ1v) is 2.71. The molecule has 5 nitrogen and oxygen atoms in total. The van der Waals surface area contributed by atoms with Crippen molar-refractivity contribution < 1.29 is 0 Å². The molecule has 0 fully saturated rings. The summed E-state index contributed by atoms with van der Waals surface area (Å²) < 4.78 is 0. The van der Waals surface area contributed by atoms with Gasteiger partial charge in [0.05, 0.1) is 0 Å². The zero-order chi connectivity index (χ0) is 6.69. The molecule has 0 aliphatic rings. The Kier molecular flexibility index (Phi) is 1.69. The molecule has 9 heavy (non-hydrogen) atoms. The molecule has 0 aliphatic carbocycles. The van der Waals surface area contributed by atoms with Gasteiger partial charge < -0.3 is 5.32 Å². The van der Waals surface area contributed by atoms with Crippen LogP contribution in [0.3, 0.4) is 0 Å². The number of nitrogens with zero attached hydrogens (tertiary/aromatic N) is 3. The lowest BCUT2D eigenvalue weighted by atomic mass is 10.6. The molecule has 0 bridgehead atoms. The van der Waals surface area contributed by atoms with Crippen LogP contribution in [0.1, 0.15) is 5.82 Å². The molecule has 2 N–H and O–H groups in total. The topological polar surface area (TPSA) is 66.5 Å². The SMILES string of the molecule is CNC(=S)c1nn[nH]n1. The first-order valence-electron chi connectivity index (χ1n) is 2.30. The highest BCUT2D eigenvalue weighted by Crippen LogP contribution is 1.82. The number of H-pyrrole nitrogens is 1. The van der Waals surface area contributed by atoms with Gasteiger partial charge in [-0.3, -0.25) is 0 Å². The van der Waals surface area contributed by atoms with Crippen LogP contribution in [0.25, 0.3) is 0 Å². The number of rotatable bonds is 1. The van der Waals surface area contributed by atoms with Crippen LogP contribution in [0.5, 0.6) is 0 Å². The van der Waals surface area contributed by atoms with E-state index in [-0.39, 0.29) is 0 Å². The van der Waals surface area contributed by atoms with E-state index in [0.29, 0.717) is 10.8 Å². The fourth-order valence-electron chi connectivity index (χ4n) is 0.370. The maximum absolute atomic E-state index is 4.78. The van der Waals surface area contributed by atoms with Crippen LogP contribution in [-0.4, -0.2) is 32.7 Å². The highest BCUT2D eigenvalue weighted by atomic mass is 32.1. The first kappa shape index (κ1) is 6.09. The molecule has 0 unspecified atom stereocenters. The predicted molar refractivity (Wildman–Crippen MR) is 34.9 cm³/mol. The van der Waals surface area contributed by atoms with Crippen molar-refractivity contribution in [2.45, 2.75) is 0 Å². The molecule has 0 atom stereocenters. The van der Waals surface area contributed by atoms with Gasteiger partial charge in [-0.1, -0.05) is 12.2 Å². The maximum atomic E-state index is 4.78. The van der Waals surface area contributed by atoms with Crippen LogP contribution in [0.15, 0.2) is 0 Å². The monoisotopic (exact) mass is 143 g/mol. The van der Waals surface area contributed by atoms with Gasteiger partial charge in [0.15, 0.2) is 0 Å². The zero-order valence-corrected chi connectivity index (χ0v) is 5.57. The van der Waals surface area contributed by atoms with E-state index in [1.165, 1.54) is 0 Å². The molecule has 0 amide bonds. The number of tetrazole rings is 1. The second-order valence-corrected chi connectivity index (χ2v) is 1.72. The largest absolute Gasteiger partial charge is 0.376 e. The number of nitrogens with one attached hydrogen (secondary N) is 2. The molecule has 0 saturated carbocycles. The molecule has 0 spiro atoms. The van der Waals surface area contributed by atoms with Gasteiger partial charge in [-0.2, -0.15) is 5.21 Å². The summed E-state index contributed by atoms with van der Waals surface area (Å²) >= 11 is 4.78. The minimum absolute atomic E-state index is 0.424. The Labute approximate surface area is 56.8 Å². The fraction of sp³-hybridized carbons (Fsp3) is 0.333. The van der Waals surface area contributed by atoms with Crippen LogP contribution < -0.4 is 5.32 Å². The van der Waals surface area contributed by atoms with Gasteiger partial charge in [0.1, 0.15) is 4.99 Å². The predicted octanol–water partition coefficient (Wildman–Crippen LogP) is -0.905. The van der Waals surface area contributed by atoms with Crippen molar-refractivity contribution in [3.63, 3.8) is 0 Å². The van der Waals surface area contributed by atoms with Crippen molar-refractivity contribution in [3.8, 4) is 0 Å². The summed E-state index contributed by atoms with van der Waals surface area (Å²) in [6.45, 7) is 0. The molecule has 1 heterocycles. The van der Waals surface area contributed by atoms with Crippen molar-refractivity contribution in [1.29, 1.82) is 0 Å². The van der Waals surface area contributed by atoms with Gasteiger partial charge >= 0.3 is 0 Å². The third-order valence-corrected chi connectivity index (χ3v) is 1.16. The Bertz CT molecular complexity index is 192. The highest BCUT2D eigenvalue weighted by molar-refractivity contribution is 7.80. The van der Waals surface area contributed by atoms with Crippen molar-refractivity contribution in [2.24, 2.45) is 0 Å². The maximum Gasteiger partial charge on any atom is 0.231 e. The molecule has 1 aromatic heterocycles. The lowest BCUT2D eigenvalue weighted by Crippen LogP contribution is -2.17. The molecular formula is C3H5N5S. The lowest BCUT2D eigenvalue weighted by molar-refractivity contribution is 0.881. The number of thiocarbonyl (C=S) groups is 1. The van der Waals surface area contributed by atoms with E-state index in [4.69, 9.17) is 12.2 Å². The summed E-state index contributed by atoms with van der Waals surface area (Å²) in [7, 11) is 1.71. The van der Waals surface area contributed by atoms with Crippen LogP contribution >= 0.6 is 12.2 Å². The van der Waals surface area contributed by atoms with E-state index in [1.54, 1.807) is 7.05 Å². The first-order chi connectivity index (χ1) is 4.34. The highest BCUT2D eigenvalue weighted by Gasteiger charge is 2.00. The van der Waals surface area contributed by atoms with Gasteiger partial charge in [-0.15, -0.1) is 10.2 Å². The molecule has 1 aromatic rings. The number of hydrogen-bond acceptors (Lipinski definition) is 4. The summed E-state index contributed by atoms with van der Waals surface area (Å²) in [5.74, 6) is 0.424. The molecule has 0 saturated heterocycles. The Morgan fingerprint density at radius 1 is 1.78 bits per heavy atom. The fourth-order valence-corrected chi connectivity index (χ4v) is 0.456. The van der Waals surface area contributed by atoms with Crippen molar-refractivity contribution in [3.05, 3.63) is 5.82 Å². The summed E-state index contributed by atoms with van der Waals surface area (Å²) in [5.41, 5.74) is 0. The van der Waals surface area contributed by atoms with E-state index in [9.17, 15) is 0 Å². The van der Waals surface area contributed by atoms with E-state index in [0.717, 1.165) is 0 Å². The van der Waals surface area contributed by atoms with E-state index < -0.39 is 0 Å². The standard InChI is InChI=1S/C3H5N5S/c1-4-3(9)2-5-7-8-6-2/h1H3,(H,4,9)(H,5,6,7,8). The van der Waals surface area contributed by atoms with Crippen molar-refractivity contribution in [2.75, 3.05) is 7.05 Å². The normalized spacial score (nSPS) is 9.00. The lowest BCUT2D eigenvalue weighted by Gasteiger charge is -1.91. The number of hydrogen-bond donors (Lipinski definition) is 2. The quantitative estimate of drug-likeness (QED) is 0.498. The Morgan fingerprint density at radius 3 is 3.00 bits per heavy atom. The van der Waals surface area contributed by atoms with Crippen LogP contribution in [-0.2, 0) is 0 Å². The second kappa shape index (κ2) is 2.49. The van der Waals surface area contributed by atoms with Gasteiger partial charge in [0.25, 0.3) is 0 Å². The third kappa shape index (κ3) is 1.20. The summed E-state index contributed by atoms with van der Waals surface area (Å²) in [6.07, 6.45) is 0. The molecule has 6 heteroatoms. The van der Waals surface area contributed by atoms with E-state index in [1.807, 2.05) is 0 Å². The van der Waals surface area contributed by atoms with E-state index >= 15 is 0 Å². The van der Waals surface area contributed by atoms with Gasteiger partial charge in [0.2, 0.25) is 5.82 Å². The zero-order valence-electron chi connectivity index (χ0n) is 4.75. The van der Waals surface area contributed by atoms with Crippen molar-refractivity contribution in [1.82, 2.24) is 25.9 Å². The van der Waals surface area contributed by atoms with Gasteiger partial charge in [0, 0.05) is 7.05 Å². The summed E-state index contributed by atoms with van der Waals surface area (Å²) in [5, 5.41) is 15.6. The van der Waals surface area contributed by atoms with Gasteiger partial charge in [-0.25, -0.2) is 0 Å². The number of aromatic nitrogens is 4. The molecule has 0 aliphatic heterocycles. The average molecular weight is 143 g/mol. The summed E-state index contributed by atoms with van der Waals surface area (Å²) in [6, 6.07) is 0. The summed E-state index contributed by atoms with van der Waals surface area (Å²) in [4.78, 5) is 0.490. The van der Waals surface area contributed by atoms with Crippen molar-refractivity contribution >= 4 is 17.2 Å². The Morgan fingerprint density at radius 2 is 2.56 bits per heavy atom. The minimum Gasteiger partial charge on any atom is -0.376 e. The Balaban J connectivity index is 2.77. The van der Waals surface area contributed by atoms with Crippen LogP contribution in [0.4, 0.5) is 0 Å². The smallest absolute Gasteiger partial charge is 0.231 e. The number of aromatic amines is 1.